The molecule has 1 aliphatic heterocycles. The highest BCUT2D eigenvalue weighted by atomic mass is 32.2. The van der Waals surface area contributed by atoms with E-state index in [-0.39, 0.29) is 10.8 Å². The number of sulfonamides is 1. The van der Waals surface area contributed by atoms with E-state index in [2.05, 4.69) is 19.2 Å². The lowest BCUT2D eigenvalue weighted by Gasteiger charge is -2.20. The lowest BCUT2D eigenvalue weighted by atomic mass is 10.0. The van der Waals surface area contributed by atoms with Crippen LogP contribution in [0.4, 0.5) is 5.69 Å². The maximum absolute atomic E-state index is 12.8. The quantitative estimate of drug-likeness (QED) is 0.796. The third-order valence-electron chi connectivity index (χ3n) is 5.15. The molecule has 0 spiro atoms. The molecule has 0 aliphatic carbocycles. The van der Waals surface area contributed by atoms with E-state index in [1.54, 1.807) is 28.6 Å². The van der Waals surface area contributed by atoms with Crippen molar-refractivity contribution in [2.75, 3.05) is 18.4 Å². The molecule has 0 aromatic heterocycles. The van der Waals surface area contributed by atoms with Crippen molar-refractivity contribution in [3.05, 3.63) is 59.7 Å². The van der Waals surface area contributed by atoms with Crippen molar-refractivity contribution in [3.8, 4) is 0 Å². The van der Waals surface area contributed by atoms with Gasteiger partial charge in [0.15, 0.2) is 0 Å². The van der Waals surface area contributed by atoms with Gasteiger partial charge in [0.1, 0.15) is 0 Å². The summed E-state index contributed by atoms with van der Waals surface area (Å²) in [7, 11) is -3.48. The number of amides is 1. The van der Waals surface area contributed by atoms with E-state index in [0.717, 1.165) is 25.7 Å². The summed E-state index contributed by atoms with van der Waals surface area (Å²) in [5, 5.41) is 2.83. The summed E-state index contributed by atoms with van der Waals surface area (Å²) in [5.74, 6) is 0.203. The number of hydrogen-bond donors (Lipinski definition) is 1. The van der Waals surface area contributed by atoms with Gasteiger partial charge in [0.25, 0.3) is 5.91 Å². The fourth-order valence-corrected chi connectivity index (χ4v) is 4.88. The van der Waals surface area contributed by atoms with E-state index in [1.165, 1.54) is 5.56 Å². The van der Waals surface area contributed by atoms with Crippen molar-refractivity contribution in [3.63, 3.8) is 0 Å². The topological polar surface area (TPSA) is 66.5 Å². The third-order valence-corrected chi connectivity index (χ3v) is 7.07. The number of anilines is 1. The number of nitrogens with zero attached hydrogens (tertiary/aromatic N) is 1. The molecular weight excluding hydrogens is 372 g/mol. The monoisotopic (exact) mass is 400 g/mol. The molecule has 0 atom stereocenters. The van der Waals surface area contributed by atoms with Gasteiger partial charge in [-0.05, 0) is 60.7 Å². The van der Waals surface area contributed by atoms with E-state index >= 15 is 0 Å². The second-order valence-corrected chi connectivity index (χ2v) is 9.51. The molecule has 0 unspecified atom stereocenters. The summed E-state index contributed by atoms with van der Waals surface area (Å²) in [6, 6.07) is 13.9. The van der Waals surface area contributed by atoms with Gasteiger partial charge in [-0.1, -0.05) is 38.8 Å². The lowest BCUT2D eigenvalue weighted by molar-refractivity contribution is 0.102. The van der Waals surface area contributed by atoms with Crippen LogP contribution in [0.1, 0.15) is 61.4 Å². The first-order chi connectivity index (χ1) is 13.4. The molecule has 2 aromatic carbocycles. The molecule has 1 aliphatic rings. The molecule has 0 bridgehead atoms. The third kappa shape index (κ3) is 4.80. The van der Waals surface area contributed by atoms with Crippen molar-refractivity contribution >= 4 is 21.6 Å². The lowest BCUT2D eigenvalue weighted by Crippen LogP contribution is -2.31. The van der Waals surface area contributed by atoms with Gasteiger partial charge in [-0.15, -0.1) is 0 Å². The van der Waals surface area contributed by atoms with Crippen molar-refractivity contribution in [2.45, 2.75) is 50.3 Å². The van der Waals surface area contributed by atoms with Crippen LogP contribution in [0.3, 0.4) is 0 Å². The van der Waals surface area contributed by atoms with Gasteiger partial charge < -0.3 is 5.32 Å². The van der Waals surface area contributed by atoms with Crippen LogP contribution in [0.25, 0.3) is 0 Å². The Kier molecular flexibility index (Phi) is 6.52. The standard InChI is InChI=1S/C22H28N2O3S/c1-17(2)18-7-9-19(10-8-18)22(25)23-20-11-13-21(14-12-20)28(26,27)24-15-5-3-4-6-16-24/h7-14,17H,3-6,15-16H2,1-2H3,(H,23,25). The van der Waals surface area contributed by atoms with Crippen molar-refractivity contribution in [1.29, 1.82) is 0 Å². The summed E-state index contributed by atoms with van der Waals surface area (Å²) < 4.78 is 27.2. The summed E-state index contributed by atoms with van der Waals surface area (Å²) in [6.45, 7) is 5.37. The smallest absolute Gasteiger partial charge is 0.255 e. The summed E-state index contributed by atoms with van der Waals surface area (Å²) in [4.78, 5) is 12.7. The maximum atomic E-state index is 12.8. The highest BCUT2D eigenvalue weighted by molar-refractivity contribution is 7.89. The van der Waals surface area contributed by atoms with Crippen LogP contribution in [0.2, 0.25) is 0 Å². The SMILES string of the molecule is CC(C)c1ccc(C(=O)Nc2ccc(S(=O)(=O)N3CCCCCC3)cc2)cc1. The van der Waals surface area contributed by atoms with E-state index < -0.39 is 10.0 Å². The summed E-state index contributed by atoms with van der Waals surface area (Å²) >= 11 is 0. The molecule has 0 saturated carbocycles. The Hall–Kier alpha value is -2.18. The predicted octanol–water partition coefficient (Wildman–Crippen LogP) is 4.63. The number of rotatable bonds is 5. The summed E-state index contributed by atoms with van der Waals surface area (Å²) in [5.41, 5.74) is 2.33. The normalized spacial score (nSPS) is 16.0. The number of benzene rings is 2. The van der Waals surface area contributed by atoms with E-state index in [1.807, 2.05) is 24.3 Å². The Morgan fingerprint density at radius 1 is 0.893 bits per heavy atom. The van der Waals surface area contributed by atoms with Crippen LogP contribution in [-0.2, 0) is 10.0 Å². The molecule has 1 amide bonds. The number of nitrogens with one attached hydrogen (secondary N) is 1. The summed E-state index contributed by atoms with van der Waals surface area (Å²) in [6.07, 6.45) is 3.97. The van der Waals surface area contributed by atoms with Crippen molar-refractivity contribution < 1.29 is 13.2 Å². The minimum absolute atomic E-state index is 0.210. The molecule has 1 N–H and O–H groups in total. The van der Waals surface area contributed by atoms with E-state index in [9.17, 15) is 13.2 Å². The largest absolute Gasteiger partial charge is 0.322 e. The Balaban J connectivity index is 1.69. The molecule has 6 heteroatoms. The molecule has 0 radical (unpaired) electrons. The second kappa shape index (κ2) is 8.88. The minimum atomic E-state index is -3.48. The molecule has 2 aromatic rings. The maximum Gasteiger partial charge on any atom is 0.255 e. The molecule has 3 rings (SSSR count). The number of hydrogen-bond acceptors (Lipinski definition) is 3. The first kappa shape index (κ1) is 20.6. The van der Waals surface area contributed by atoms with Gasteiger partial charge in [-0.3, -0.25) is 4.79 Å². The molecule has 1 saturated heterocycles. The van der Waals surface area contributed by atoms with Gasteiger partial charge in [-0.25, -0.2) is 8.42 Å². The van der Waals surface area contributed by atoms with Crippen LogP contribution >= 0.6 is 0 Å². The minimum Gasteiger partial charge on any atom is -0.322 e. The van der Waals surface area contributed by atoms with Gasteiger partial charge in [0.2, 0.25) is 10.0 Å². The van der Waals surface area contributed by atoms with E-state index in [4.69, 9.17) is 0 Å². The molecule has 5 nitrogen and oxygen atoms in total. The molecule has 150 valence electrons. The number of carbonyl (C=O) groups excluding carboxylic acids is 1. The van der Waals surface area contributed by atoms with E-state index in [0.29, 0.717) is 30.3 Å². The Morgan fingerprint density at radius 3 is 2.00 bits per heavy atom. The fourth-order valence-electron chi connectivity index (χ4n) is 3.36. The van der Waals surface area contributed by atoms with Gasteiger partial charge in [0.05, 0.1) is 4.90 Å². The van der Waals surface area contributed by atoms with Crippen LogP contribution in [-0.4, -0.2) is 31.7 Å². The zero-order valence-electron chi connectivity index (χ0n) is 16.5. The average molecular weight is 401 g/mol. The fraction of sp³-hybridized carbons (Fsp3) is 0.409. The van der Waals surface area contributed by atoms with Crippen molar-refractivity contribution in [1.82, 2.24) is 4.31 Å². The Bertz CT molecular complexity index is 896. The van der Waals surface area contributed by atoms with Crippen LogP contribution in [0, 0.1) is 0 Å². The van der Waals surface area contributed by atoms with Gasteiger partial charge in [0, 0.05) is 24.3 Å². The Labute approximate surface area is 167 Å². The van der Waals surface area contributed by atoms with Crippen LogP contribution < -0.4 is 5.32 Å². The molecule has 1 fully saturated rings. The zero-order chi connectivity index (χ0) is 20.1. The van der Waals surface area contributed by atoms with Crippen LogP contribution in [0.5, 0.6) is 0 Å². The van der Waals surface area contributed by atoms with Crippen LogP contribution in [0.15, 0.2) is 53.4 Å². The highest BCUT2D eigenvalue weighted by Crippen LogP contribution is 2.22. The Morgan fingerprint density at radius 2 is 1.46 bits per heavy atom. The average Bonchev–Trinajstić information content (AvgIpc) is 2.98. The predicted molar refractivity (Wildman–Crippen MR) is 112 cm³/mol. The molecular formula is C22H28N2O3S. The molecule has 1 heterocycles. The van der Waals surface area contributed by atoms with Gasteiger partial charge >= 0.3 is 0 Å². The molecule has 28 heavy (non-hydrogen) atoms. The van der Waals surface area contributed by atoms with Crippen molar-refractivity contribution in [2.24, 2.45) is 0 Å². The first-order valence-corrected chi connectivity index (χ1v) is 11.3. The zero-order valence-corrected chi connectivity index (χ0v) is 17.3. The van der Waals surface area contributed by atoms with Gasteiger partial charge in [-0.2, -0.15) is 4.31 Å². The highest BCUT2D eigenvalue weighted by Gasteiger charge is 2.25. The first-order valence-electron chi connectivity index (χ1n) is 9.89. The number of carbonyl (C=O) groups is 1. The second-order valence-electron chi connectivity index (χ2n) is 7.57.